The van der Waals surface area contributed by atoms with Crippen LogP contribution in [0, 0.1) is 0 Å². The second-order valence-corrected chi connectivity index (χ2v) is 10.5. The fraction of sp³-hybridized carbons (Fsp3) is 0.417. The van der Waals surface area contributed by atoms with Gasteiger partial charge in [0, 0.05) is 31.2 Å². The van der Waals surface area contributed by atoms with Crippen LogP contribution >= 0.6 is 0 Å². The molecule has 2 saturated heterocycles. The van der Waals surface area contributed by atoms with Gasteiger partial charge in [-0.1, -0.05) is 12.1 Å². The zero-order chi connectivity index (χ0) is 23.1. The molecule has 2 aromatic carbocycles. The first-order chi connectivity index (χ1) is 16.0. The first kappa shape index (κ1) is 21.9. The van der Waals surface area contributed by atoms with Crippen LogP contribution in [-0.4, -0.2) is 62.1 Å². The van der Waals surface area contributed by atoms with Crippen LogP contribution in [0.4, 0.5) is 5.82 Å². The van der Waals surface area contributed by atoms with Crippen molar-refractivity contribution in [2.24, 2.45) is 0 Å². The van der Waals surface area contributed by atoms with Crippen molar-refractivity contribution >= 4 is 26.9 Å². The predicted octanol–water partition coefficient (Wildman–Crippen LogP) is 3.47. The number of anilines is 1. The van der Waals surface area contributed by atoms with Gasteiger partial charge < -0.3 is 14.4 Å². The minimum atomic E-state index is -3.66. The molecule has 2 aliphatic rings. The zero-order valence-corrected chi connectivity index (χ0v) is 19.7. The molecule has 8 nitrogen and oxygen atoms in total. The smallest absolute Gasteiger partial charge is 0.243 e. The molecule has 2 fully saturated rings. The lowest BCUT2D eigenvalue weighted by atomic mass is 9.86. The summed E-state index contributed by atoms with van der Waals surface area (Å²) in [6.45, 7) is 2.02. The topological polar surface area (TPSA) is 84.9 Å². The first-order valence-electron chi connectivity index (χ1n) is 11.2. The Morgan fingerprint density at radius 1 is 0.909 bits per heavy atom. The van der Waals surface area contributed by atoms with Crippen LogP contribution in [0.15, 0.2) is 53.6 Å². The Labute approximate surface area is 194 Å². The van der Waals surface area contributed by atoms with Crippen molar-refractivity contribution < 1.29 is 17.9 Å². The van der Waals surface area contributed by atoms with Crippen molar-refractivity contribution in [1.29, 1.82) is 0 Å². The van der Waals surface area contributed by atoms with Gasteiger partial charge in [0.2, 0.25) is 10.0 Å². The van der Waals surface area contributed by atoms with Gasteiger partial charge in [-0.3, -0.25) is 4.98 Å². The van der Waals surface area contributed by atoms with Crippen molar-refractivity contribution in [1.82, 2.24) is 14.3 Å². The van der Waals surface area contributed by atoms with E-state index < -0.39 is 10.0 Å². The second-order valence-electron chi connectivity index (χ2n) is 8.63. The highest BCUT2D eigenvalue weighted by atomic mass is 32.2. The van der Waals surface area contributed by atoms with Crippen LogP contribution in [0.25, 0.3) is 11.0 Å². The van der Waals surface area contributed by atoms with Crippen molar-refractivity contribution in [2.45, 2.75) is 36.1 Å². The average molecular weight is 469 g/mol. The molecule has 33 heavy (non-hydrogen) atoms. The van der Waals surface area contributed by atoms with Crippen LogP contribution in [0.3, 0.4) is 0 Å². The standard InChI is InChI=1S/C24H28N4O4S/c1-31-21-9-8-18(16-22(21)32-2)33(29,30)28-13-5-10-24(28)11-14-27(15-12-24)23-17-25-19-6-3-4-7-20(19)26-23/h3-4,6-9,16-17H,5,10-15H2,1-2H3. The third-order valence-electron chi connectivity index (χ3n) is 6.93. The van der Waals surface area contributed by atoms with Crippen molar-refractivity contribution in [3.05, 3.63) is 48.7 Å². The van der Waals surface area contributed by atoms with Crippen LogP contribution in [0.2, 0.25) is 0 Å². The monoisotopic (exact) mass is 468 g/mol. The van der Waals surface area contributed by atoms with E-state index in [1.807, 2.05) is 30.5 Å². The van der Waals surface area contributed by atoms with E-state index in [2.05, 4.69) is 9.88 Å². The number of nitrogens with zero attached hydrogens (tertiary/aromatic N) is 4. The highest BCUT2D eigenvalue weighted by molar-refractivity contribution is 7.89. The highest BCUT2D eigenvalue weighted by Gasteiger charge is 2.49. The molecule has 0 unspecified atom stereocenters. The van der Waals surface area contributed by atoms with Crippen molar-refractivity contribution in [2.75, 3.05) is 38.8 Å². The minimum absolute atomic E-state index is 0.240. The number of benzene rings is 2. The summed E-state index contributed by atoms with van der Waals surface area (Å²) in [5.41, 5.74) is 1.37. The Kier molecular flexibility index (Phi) is 5.62. The molecule has 1 aromatic heterocycles. The van der Waals surface area contributed by atoms with Gasteiger partial charge in [-0.2, -0.15) is 4.31 Å². The van der Waals surface area contributed by atoms with Crippen LogP contribution < -0.4 is 14.4 Å². The summed E-state index contributed by atoms with van der Waals surface area (Å²) in [5, 5.41) is 0. The lowest BCUT2D eigenvalue weighted by Gasteiger charge is -2.44. The van der Waals surface area contributed by atoms with Gasteiger partial charge in [-0.05, 0) is 49.9 Å². The normalized spacial score (nSPS) is 18.7. The molecular formula is C24H28N4O4S. The van der Waals surface area contributed by atoms with E-state index in [9.17, 15) is 8.42 Å². The molecule has 0 amide bonds. The molecule has 1 spiro atoms. The number of hydrogen-bond donors (Lipinski definition) is 0. The number of para-hydroxylation sites is 2. The highest BCUT2D eigenvalue weighted by Crippen LogP contribution is 2.43. The number of sulfonamides is 1. The van der Waals surface area contributed by atoms with Crippen molar-refractivity contribution in [3.63, 3.8) is 0 Å². The zero-order valence-electron chi connectivity index (χ0n) is 18.9. The van der Waals surface area contributed by atoms with Crippen molar-refractivity contribution in [3.8, 4) is 11.5 Å². The van der Waals surface area contributed by atoms with E-state index in [0.717, 1.165) is 55.6 Å². The number of fused-ring (bicyclic) bond motifs is 1. The maximum Gasteiger partial charge on any atom is 0.243 e. The summed E-state index contributed by atoms with van der Waals surface area (Å²) >= 11 is 0. The van der Waals surface area contributed by atoms with Crippen LogP contribution in [0.5, 0.6) is 11.5 Å². The number of aromatic nitrogens is 2. The Balaban J connectivity index is 1.38. The third-order valence-corrected chi connectivity index (χ3v) is 8.93. The van der Waals surface area contributed by atoms with E-state index in [1.54, 1.807) is 22.5 Å². The Bertz CT molecular complexity index is 1270. The summed E-state index contributed by atoms with van der Waals surface area (Å²) in [6, 6.07) is 12.6. The molecule has 174 valence electrons. The number of hydrogen-bond acceptors (Lipinski definition) is 7. The van der Waals surface area contributed by atoms with Gasteiger partial charge >= 0.3 is 0 Å². The molecule has 0 bridgehead atoms. The predicted molar refractivity (Wildman–Crippen MR) is 126 cm³/mol. The summed E-state index contributed by atoms with van der Waals surface area (Å²) in [5.74, 6) is 1.77. The Hall–Kier alpha value is -2.91. The van der Waals surface area contributed by atoms with E-state index in [-0.39, 0.29) is 10.4 Å². The van der Waals surface area contributed by atoms with Gasteiger partial charge in [0.05, 0.1) is 36.3 Å². The van der Waals surface area contributed by atoms with Gasteiger partial charge in [0.1, 0.15) is 5.82 Å². The molecule has 9 heteroatoms. The molecule has 3 aromatic rings. The summed E-state index contributed by atoms with van der Waals surface area (Å²) in [4.78, 5) is 11.8. The summed E-state index contributed by atoms with van der Waals surface area (Å²) in [7, 11) is -0.616. The molecular weight excluding hydrogens is 440 g/mol. The average Bonchev–Trinajstić information content (AvgIpc) is 3.27. The van der Waals surface area contributed by atoms with Gasteiger partial charge in [0.25, 0.3) is 0 Å². The maximum absolute atomic E-state index is 13.7. The van der Waals surface area contributed by atoms with Gasteiger partial charge in [-0.25, -0.2) is 13.4 Å². The maximum atomic E-state index is 13.7. The Morgan fingerprint density at radius 2 is 1.64 bits per heavy atom. The number of piperidine rings is 1. The molecule has 0 saturated carbocycles. The molecule has 0 radical (unpaired) electrons. The fourth-order valence-electron chi connectivity index (χ4n) is 5.14. The van der Waals surface area contributed by atoms with Gasteiger partial charge in [-0.15, -0.1) is 0 Å². The Morgan fingerprint density at radius 3 is 2.36 bits per heavy atom. The SMILES string of the molecule is COc1ccc(S(=O)(=O)N2CCCC23CCN(c2cnc4ccccc4n2)CC3)cc1OC. The first-order valence-corrected chi connectivity index (χ1v) is 12.6. The minimum Gasteiger partial charge on any atom is -0.493 e. The third kappa shape index (κ3) is 3.79. The second kappa shape index (κ2) is 8.46. The molecule has 3 heterocycles. The summed E-state index contributed by atoms with van der Waals surface area (Å²) in [6.07, 6.45) is 5.06. The lowest BCUT2D eigenvalue weighted by Crippen LogP contribution is -2.54. The van der Waals surface area contributed by atoms with Crippen LogP contribution in [-0.2, 0) is 10.0 Å². The number of methoxy groups -OCH3 is 2. The fourth-order valence-corrected chi connectivity index (χ4v) is 7.05. The molecule has 0 atom stereocenters. The molecule has 2 aliphatic heterocycles. The van der Waals surface area contributed by atoms with E-state index in [4.69, 9.17) is 14.5 Å². The number of rotatable bonds is 5. The number of ether oxygens (including phenoxy) is 2. The van der Waals surface area contributed by atoms with Gasteiger partial charge in [0.15, 0.2) is 11.5 Å². The van der Waals surface area contributed by atoms with E-state index in [1.165, 1.54) is 14.2 Å². The molecule has 0 N–H and O–H groups in total. The molecule has 5 rings (SSSR count). The lowest BCUT2D eigenvalue weighted by molar-refractivity contribution is 0.192. The summed E-state index contributed by atoms with van der Waals surface area (Å²) < 4.78 is 39.7. The van der Waals surface area contributed by atoms with Crippen LogP contribution in [0.1, 0.15) is 25.7 Å². The van der Waals surface area contributed by atoms with E-state index in [0.29, 0.717) is 18.0 Å². The molecule has 0 aliphatic carbocycles. The van der Waals surface area contributed by atoms with E-state index >= 15 is 0 Å². The quantitative estimate of drug-likeness (QED) is 0.567. The largest absolute Gasteiger partial charge is 0.493 e.